The first kappa shape index (κ1) is 40.8. The lowest BCUT2D eigenvalue weighted by molar-refractivity contribution is -0.118. The van der Waals surface area contributed by atoms with Crippen molar-refractivity contribution in [3.8, 4) is 17.2 Å². The maximum absolute atomic E-state index is 11.4. The summed E-state index contributed by atoms with van der Waals surface area (Å²) in [5.41, 5.74) is 4.67. The summed E-state index contributed by atoms with van der Waals surface area (Å²) >= 11 is 0. The topological polar surface area (TPSA) is 124 Å². The number of likely N-dealkylation sites (tertiary alicyclic amines) is 1. The van der Waals surface area contributed by atoms with Crippen molar-refractivity contribution >= 4 is 17.9 Å². The minimum absolute atomic E-state index is 0.000290. The van der Waals surface area contributed by atoms with Crippen molar-refractivity contribution in [1.29, 1.82) is 0 Å². The third-order valence-corrected chi connectivity index (χ3v) is 10.1. The van der Waals surface area contributed by atoms with Gasteiger partial charge >= 0.3 is 0 Å². The number of carbonyl (C=O) groups excluding carboxylic acids is 2. The highest BCUT2D eigenvalue weighted by atomic mass is 16.5. The van der Waals surface area contributed by atoms with Crippen LogP contribution in [0.15, 0.2) is 60.7 Å². The van der Waals surface area contributed by atoms with Gasteiger partial charge in [0.1, 0.15) is 23.5 Å². The smallest absolute Gasteiger partial charge is 0.262 e. The SMILES string of the molecule is CCCCCCN(C)CCNCCc1ccc(O)c2c1OCC(=O)N2.CN1CCC(c2ccccc2)(c2cc(CCOCCC=O)ccc2O)CC1. The largest absolute Gasteiger partial charge is 0.508 e. The first-order chi connectivity index (χ1) is 25.3. The van der Waals surface area contributed by atoms with E-state index in [0.717, 1.165) is 87.9 Å². The lowest BCUT2D eigenvalue weighted by Crippen LogP contribution is -2.41. The van der Waals surface area contributed by atoms with Crippen molar-refractivity contribution in [2.45, 2.75) is 70.1 Å². The third-order valence-electron chi connectivity index (χ3n) is 10.1. The lowest BCUT2D eigenvalue weighted by Gasteiger charge is -2.42. The number of aromatic hydroxyl groups is 2. The molecule has 5 rings (SSSR count). The van der Waals surface area contributed by atoms with Gasteiger partial charge in [0, 0.05) is 30.5 Å². The van der Waals surface area contributed by atoms with Crippen LogP contribution in [0.1, 0.15) is 74.1 Å². The predicted octanol–water partition coefficient (Wildman–Crippen LogP) is 5.92. The van der Waals surface area contributed by atoms with Crippen molar-refractivity contribution in [1.82, 2.24) is 15.1 Å². The summed E-state index contributed by atoms with van der Waals surface area (Å²) in [6.45, 7) is 9.26. The van der Waals surface area contributed by atoms with Crippen molar-refractivity contribution in [2.75, 3.05) is 78.5 Å². The maximum atomic E-state index is 11.4. The minimum Gasteiger partial charge on any atom is -0.508 e. The van der Waals surface area contributed by atoms with Crippen molar-refractivity contribution in [3.05, 3.63) is 82.9 Å². The standard InChI is InChI=1S/C23H29NO3.C19H31N3O3/c1-24-13-11-23(12-14-24,20-6-3-2-4-7-20)21-18-19(8-9-22(21)26)10-17-27-16-5-15-25;1-3-4-5-6-12-22(2)13-11-20-10-9-15-7-8-16(23)18-19(15)25-14-17(24)21-18/h2-4,6-9,15,18,26H,5,10-14,16-17H2,1H3;7-8,20,23H,3-6,9-14H2,1-2H3,(H,21,24). The molecule has 1 fully saturated rings. The molecule has 1 saturated heterocycles. The Hall–Kier alpha value is -3.96. The summed E-state index contributed by atoms with van der Waals surface area (Å²) in [6.07, 6.45) is 10.0. The Labute approximate surface area is 310 Å². The number of rotatable bonds is 19. The van der Waals surface area contributed by atoms with Gasteiger partial charge < -0.3 is 44.9 Å². The molecule has 2 aliphatic heterocycles. The number of carbonyl (C=O) groups is 2. The van der Waals surface area contributed by atoms with E-state index in [4.69, 9.17) is 9.47 Å². The highest BCUT2D eigenvalue weighted by Gasteiger charge is 2.39. The molecule has 0 atom stereocenters. The van der Waals surface area contributed by atoms with Crippen LogP contribution in [0.4, 0.5) is 5.69 Å². The van der Waals surface area contributed by atoms with Crippen LogP contribution in [0.3, 0.4) is 0 Å². The number of amides is 1. The molecule has 0 saturated carbocycles. The Bertz CT molecular complexity index is 1530. The molecule has 0 spiro atoms. The Morgan fingerprint density at radius 2 is 1.73 bits per heavy atom. The minimum atomic E-state index is -0.236. The van der Waals surface area contributed by atoms with Crippen LogP contribution in [-0.2, 0) is 32.6 Å². The van der Waals surface area contributed by atoms with E-state index >= 15 is 0 Å². The fourth-order valence-corrected chi connectivity index (χ4v) is 6.97. The van der Waals surface area contributed by atoms with E-state index in [1.165, 1.54) is 31.2 Å². The summed E-state index contributed by atoms with van der Waals surface area (Å²) in [7, 11) is 4.32. The van der Waals surface area contributed by atoms with Gasteiger partial charge in [-0.2, -0.15) is 0 Å². The average Bonchev–Trinajstić information content (AvgIpc) is 3.16. The van der Waals surface area contributed by atoms with Gasteiger partial charge in [-0.1, -0.05) is 74.7 Å². The Kier molecular flexibility index (Phi) is 16.9. The van der Waals surface area contributed by atoms with E-state index in [1.807, 2.05) is 24.3 Å². The number of benzene rings is 3. The Balaban J connectivity index is 0.000000234. The number of aldehydes is 1. The molecular formula is C42H60N4O6. The fourth-order valence-electron chi connectivity index (χ4n) is 6.97. The number of hydrogen-bond donors (Lipinski definition) is 4. The number of piperidine rings is 1. The molecule has 1 amide bonds. The fraction of sp³-hybridized carbons (Fsp3) is 0.524. The number of phenolic OH excluding ortho intramolecular Hbond substituents is 2. The molecular weight excluding hydrogens is 656 g/mol. The van der Waals surface area contributed by atoms with Gasteiger partial charge in [-0.05, 0) is 101 Å². The third kappa shape index (κ3) is 12.0. The number of fused-ring (bicyclic) bond motifs is 1. The maximum Gasteiger partial charge on any atom is 0.262 e. The van der Waals surface area contributed by atoms with Gasteiger partial charge in [-0.3, -0.25) is 4.79 Å². The first-order valence-corrected chi connectivity index (χ1v) is 19.0. The number of unbranched alkanes of at least 4 members (excludes halogenated alkanes) is 3. The highest BCUT2D eigenvalue weighted by Crippen LogP contribution is 2.45. The van der Waals surface area contributed by atoms with Crippen LogP contribution >= 0.6 is 0 Å². The molecule has 0 aliphatic carbocycles. The summed E-state index contributed by atoms with van der Waals surface area (Å²) in [4.78, 5) is 26.5. The molecule has 52 heavy (non-hydrogen) atoms. The van der Waals surface area contributed by atoms with Gasteiger partial charge in [0.05, 0.1) is 13.2 Å². The zero-order chi connectivity index (χ0) is 37.2. The van der Waals surface area contributed by atoms with Gasteiger partial charge in [0.25, 0.3) is 5.91 Å². The summed E-state index contributed by atoms with van der Waals surface area (Å²) in [5.74, 6) is 0.771. The normalized spacial score (nSPS) is 15.3. The quantitative estimate of drug-likeness (QED) is 0.0681. The van der Waals surface area contributed by atoms with Gasteiger partial charge in [-0.25, -0.2) is 0 Å². The van der Waals surface area contributed by atoms with Crippen molar-refractivity contribution < 1.29 is 29.3 Å². The van der Waals surface area contributed by atoms with Crippen LogP contribution < -0.4 is 15.4 Å². The monoisotopic (exact) mass is 716 g/mol. The molecule has 0 unspecified atom stereocenters. The number of hydrogen-bond acceptors (Lipinski definition) is 9. The van der Waals surface area contributed by atoms with E-state index in [0.29, 0.717) is 36.8 Å². The predicted molar refractivity (Wildman–Crippen MR) is 208 cm³/mol. The number of anilines is 1. The van der Waals surface area contributed by atoms with E-state index < -0.39 is 0 Å². The van der Waals surface area contributed by atoms with Gasteiger partial charge in [0.2, 0.25) is 0 Å². The second-order valence-corrected chi connectivity index (χ2v) is 14.1. The number of ether oxygens (including phenoxy) is 2. The molecule has 4 N–H and O–H groups in total. The second-order valence-electron chi connectivity index (χ2n) is 14.1. The molecule has 10 heteroatoms. The number of likely N-dealkylation sites (N-methyl/N-ethyl adjacent to an activating group) is 1. The molecule has 3 aromatic carbocycles. The first-order valence-electron chi connectivity index (χ1n) is 19.0. The number of phenols is 2. The number of nitrogens with zero attached hydrogens (tertiary/aromatic N) is 2. The zero-order valence-corrected chi connectivity index (χ0v) is 31.5. The summed E-state index contributed by atoms with van der Waals surface area (Å²) < 4.78 is 11.0. The lowest BCUT2D eigenvalue weighted by atomic mass is 9.67. The second kappa shape index (κ2) is 21.5. The average molecular weight is 717 g/mol. The zero-order valence-electron chi connectivity index (χ0n) is 31.5. The molecule has 2 heterocycles. The van der Waals surface area contributed by atoms with Crippen LogP contribution in [0.25, 0.3) is 0 Å². The van der Waals surface area contributed by atoms with Crippen molar-refractivity contribution in [3.63, 3.8) is 0 Å². The van der Waals surface area contributed by atoms with Crippen molar-refractivity contribution in [2.24, 2.45) is 0 Å². The van der Waals surface area contributed by atoms with E-state index in [9.17, 15) is 19.8 Å². The number of nitrogens with one attached hydrogen (secondary N) is 2. The van der Waals surface area contributed by atoms with Gasteiger partial charge in [0.15, 0.2) is 12.4 Å². The molecule has 0 radical (unpaired) electrons. The molecule has 0 bridgehead atoms. The van der Waals surface area contributed by atoms with Crippen LogP contribution in [0, 0.1) is 0 Å². The Morgan fingerprint density at radius 3 is 2.48 bits per heavy atom. The molecule has 10 nitrogen and oxygen atoms in total. The highest BCUT2D eigenvalue weighted by molar-refractivity contribution is 5.97. The summed E-state index contributed by atoms with van der Waals surface area (Å²) in [5, 5.41) is 26.7. The Morgan fingerprint density at radius 1 is 0.962 bits per heavy atom. The van der Waals surface area contributed by atoms with Crippen LogP contribution in [0.2, 0.25) is 0 Å². The van der Waals surface area contributed by atoms with Crippen LogP contribution in [-0.4, -0.2) is 105 Å². The molecule has 0 aromatic heterocycles. The van der Waals surface area contributed by atoms with E-state index in [-0.39, 0.29) is 23.7 Å². The molecule has 3 aromatic rings. The van der Waals surface area contributed by atoms with Gasteiger partial charge in [-0.15, -0.1) is 0 Å². The van der Waals surface area contributed by atoms with E-state index in [2.05, 4.69) is 71.8 Å². The molecule has 2 aliphatic rings. The molecule has 284 valence electrons. The van der Waals surface area contributed by atoms with Crippen LogP contribution in [0.5, 0.6) is 17.2 Å². The summed E-state index contributed by atoms with van der Waals surface area (Å²) in [6, 6.07) is 20.0. The van der Waals surface area contributed by atoms with E-state index in [1.54, 1.807) is 6.07 Å².